The molecule has 2 rings (SSSR count). The lowest BCUT2D eigenvalue weighted by Gasteiger charge is -2.20. The Morgan fingerprint density at radius 2 is 1.81 bits per heavy atom. The van der Waals surface area contributed by atoms with Gasteiger partial charge in [0.05, 0.1) is 11.9 Å². The second-order valence-corrected chi connectivity index (χ2v) is 4.53. The predicted molar refractivity (Wildman–Crippen MR) is 82.2 cm³/mol. The van der Waals surface area contributed by atoms with Crippen molar-refractivity contribution in [2.75, 3.05) is 23.3 Å². The normalized spacial score (nSPS) is 10.2. The van der Waals surface area contributed by atoms with Crippen LogP contribution in [0.5, 0.6) is 0 Å². The number of hydrogen-bond donors (Lipinski definition) is 1. The van der Waals surface area contributed by atoms with Gasteiger partial charge in [-0.05, 0) is 50.2 Å². The minimum absolute atomic E-state index is 0.312. The summed E-state index contributed by atoms with van der Waals surface area (Å²) in [5, 5.41) is 2.68. The molecule has 21 heavy (non-hydrogen) atoms. The molecule has 0 saturated carbocycles. The maximum Gasteiger partial charge on any atom is 0.274 e. The summed E-state index contributed by atoms with van der Waals surface area (Å²) < 4.78 is 12.8. The Kier molecular flexibility index (Phi) is 4.87. The Balaban J connectivity index is 2.07. The number of benzene rings is 1. The van der Waals surface area contributed by atoms with Crippen LogP contribution in [-0.2, 0) is 0 Å². The van der Waals surface area contributed by atoms with Crippen molar-refractivity contribution in [3.8, 4) is 0 Å². The van der Waals surface area contributed by atoms with E-state index in [1.807, 2.05) is 6.07 Å². The summed E-state index contributed by atoms with van der Waals surface area (Å²) in [5.74, 6) is -0.651. The highest BCUT2D eigenvalue weighted by Gasteiger charge is 2.09. The lowest BCUT2D eigenvalue weighted by Crippen LogP contribution is -2.22. The maximum atomic E-state index is 12.8. The van der Waals surface area contributed by atoms with E-state index in [4.69, 9.17) is 0 Å². The second kappa shape index (κ2) is 6.83. The molecular weight excluding hydrogens is 269 g/mol. The zero-order valence-electron chi connectivity index (χ0n) is 12.1. The molecule has 1 amide bonds. The van der Waals surface area contributed by atoms with Crippen LogP contribution in [0.1, 0.15) is 24.3 Å². The molecule has 0 spiro atoms. The number of anilines is 2. The maximum absolute atomic E-state index is 12.8. The molecule has 1 aromatic carbocycles. The molecule has 0 fully saturated rings. The van der Waals surface area contributed by atoms with Crippen molar-refractivity contribution in [3.05, 3.63) is 54.1 Å². The lowest BCUT2D eigenvalue weighted by atomic mass is 10.2. The quantitative estimate of drug-likeness (QED) is 0.917. The Morgan fingerprint density at radius 3 is 2.33 bits per heavy atom. The van der Waals surface area contributed by atoms with Crippen molar-refractivity contribution in [2.24, 2.45) is 0 Å². The van der Waals surface area contributed by atoms with Crippen LogP contribution in [-0.4, -0.2) is 24.0 Å². The van der Waals surface area contributed by atoms with Gasteiger partial charge in [-0.3, -0.25) is 4.79 Å². The van der Waals surface area contributed by atoms with Gasteiger partial charge < -0.3 is 10.2 Å². The number of amides is 1. The van der Waals surface area contributed by atoms with E-state index in [-0.39, 0.29) is 11.7 Å². The molecule has 4 nitrogen and oxygen atoms in total. The molecule has 0 radical (unpaired) electrons. The van der Waals surface area contributed by atoms with Crippen molar-refractivity contribution >= 4 is 17.3 Å². The molecule has 2 aromatic rings. The van der Waals surface area contributed by atoms with E-state index in [1.54, 1.807) is 12.3 Å². The van der Waals surface area contributed by atoms with Gasteiger partial charge in [0.1, 0.15) is 11.5 Å². The Labute approximate surface area is 123 Å². The number of carbonyl (C=O) groups excluding carboxylic acids is 1. The Morgan fingerprint density at radius 1 is 1.14 bits per heavy atom. The van der Waals surface area contributed by atoms with E-state index < -0.39 is 0 Å². The fourth-order valence-corrected chi connectivity index (χ4v) is 2.02. The van der Waals surface area contributed by atoms with Gasteiger partial charge >= 0.3 is 0 Å². The minimum atomic E-state index is -0.338. The van der Waals surface area contributed by atoms with Gasteiger partial charge in [0, 0.05) is 18.8 Å². The van der Waals surface area contributed by atoms with Gasteiger partial charge in [-0.2, -0.15) is 0 Å². The van der Waals surface area contributed by atoms with Crippen molar-refractivity contribution < 1.29 is 9.18 Å². The monoisotopic (exact) mass is 287 g/mol. The highest BCUT2D eigenvalue weighted by atomic mass is 19.1. The van der Waals surface area contributed by atoms with E-state index in [0.29, 0.717) is 11.4 Å². The van der Waals surface area contributed by atoms with E-state index in [0.717, 1.165) is 18.8 Å². The van der Waals surface area contributed by atoms with Gasteiger partial charge in [-0.15, -0.1) is 0 Å². The third-order valence-electron chi connectivity index (χ3n) is 3.21. The van der Waals surface area contributed by atoms with Gasteiger partial charge in [-0.25, -0.2) is 9.37 Å². The van der Waals surface area contributed by atoms with Crippen molar-refractivity contribution in [1.82, 2.24) is 4.98 Å². The summed E-state index contributed by atoms with van der Waals surface area (Å²) in [6.07, 6.45) is 1.69. The molecule has 110 valence electrons. The highest BCUT2D eigenvalue weighted by molar-refractivity contribution is 6.02. The summed E-state index contributed by atoms with van der Waals surface area (Å²) in [5.41, 5.74) is 1.85. The summed E-state index contributed by atoms with van der Waals surface area (Å²) in [6, 6.07) is 9.18. The largest absolute Gasteiger partial charge is 0.371 e. The molecule has 0 aliphatic rings. The van der Waals surface area contributed by atoms with Gasteiger partial charge in [0.25, 0.3) is 5.91 Å². The molecule has 0 aliphatic carbocycles. The van der Waals surface area contributed by atoms with Crippen molar-refractivity contribution in [1.29, 1.82) is 0 Å². The summed E-state index contributed by atoms with van der Waals surface area (Å²) >= 11 is 0. The van der Waals surface area contributed by atoms with Crippen LogP contribution in [0, 0.1) is 5.82 Å². The first-order valence-electron chi connectivity index (χ1n) is 6.92. The fourth-order valence-electron chi connectivity index (χ4n) is 2.02. The number of aromatic nitrogens is 1. The number of hydrogen-bond acceptors (Lipinski definition) is 3. The third-order valence-corrected chi connectivity index (χ3v) is 3.21. The average Bonchev–Trinajstić information content (AvgIpc) is 2.51. The standard InChI is InChI=1S/C16H18FN3O/c1-3-20(4-2)14-9-10-15(18-11-14)16(21)19-13-7-5-12(17)6-8-13/h5-11H,3-4H2,1-2H3,(H,19,21). The van der Waals surface area contributed by atoms with Crippen molar-refractivity contribution in [2.45, 2.75) is 13.8 Å². The molecule has 1 N–H and O–H groups in total. The van der Waals surface area contributed by atoms with Gasteiger partial charge in [0.15, 0.2) is 0 Å². The molecule has 0 saturated heterocycles. The van der Waals surface area contributed by atoms with E-state index in [2.05, 4.69) is 29.0 Å². The Bertz CT molecular complexity index is 592. The molecule has 5 heteroatoms. The first kappa shape index (κ1) is 15.0. The fraction of sp³-hybridized carbons (Fsp3) is 0.250. The molecule has 1 aromatic heterocycles. The highest BCUT2D eigenvalue weighted by Crippen LogP contribution is 2.14. The predicted octanol–water partition coefficient (Wildman–Crippen LogP) is 3.32. The van der Waals surface area contributed by atoms with Crippen LogP contribution in [0.4, 0.5) is 15.8 Å². The van der Waals surface area contributed by atoms with Gasteiger partial charge in [0.2, 0.25) is 0 Å². The number of rotatable bonds is 5. The van der Waals surface area contributed by atoms with E-state index in [1.165, 1.54) is 24.3 Å². The molecular formula is C16H18FN3O. The third kappa shape index (κ3) is 3.78. The van der Waals surface area contributed by atoms with Crippen LogP contribution in [0.25, 0.3) is 0 Å². The molecule has 0 unspecified atom stereocenters. The van der Waals surface area contributed by atoms with E-state index >= 15 is 0 Å². The molecule has 0 aliphatic heterocycles. The number of carbonyl (C=O) groups is 1. The first-order chi connectivity index (χ1) is 10.1. The molecule has 0 atom stereocenters. The number of halogens is 1. The molecule has 0 bridgehead atoms. The number of nitrogens with zero attached hydrogens (tertiary/aromatic N) is 2. The smallest absolute Gasteiger partial charge is 0.274 e. The Hall–Kier alpha value is -2.43. The van der Waals surface area contributed by atoms with Crippen LogP contribution < -0.4 is 10.2 Å². The molecule has 1 heterocycles. The second-order valence-electron chi connectivity index (χ2n) is 4.53. The summed E-state index contributed by atoms with van der Waals surface area (Å²) in [6.45, 7) is 5.91. The lowest BCUT2D eigenvalue weighted by molar-refractivity contribution is 0.102. The minimum Gasteiger partial charge on any atom is -0.371 e. The van der Waals surface area contributed by atoms with Crippen molar-refractivity contribution in [3.63, 3.8) is 0 Å². The summed E-state index contributed by atoms with van der Waals surface area (Å²) in [4.78, 5) is 18.4. The van der Waals surface area contributed by atoms with Crippen LogP contribution >= 0.6 is 0 Å². The van der Waals surface area contributed by atoms with Gasteiger partial charge in [-0.1, -0.05) is 0 Å². The zero-order chi connectivity index (χ0) is 15.2. The van der Waals surface area contributed by atoms with Crippen LogP contribution in [0.3, 0.4) is 0 Å². The summed E-state index contributed by atoms with van der Waals surface area (Å²) in [7, 11) is 0. The topological polar surface area (TPSA) is 45.2 Å². The SMILES string of the molecule is CCN(CC)c1ccc(C(=O)Nc2ccc(F)cc2)nc1. The van der Waals surface area contributed by atoms with Crippen LogP contribution in [0.15, 0.2) is 42.6 Å². The first-order valence-corrected chi connectivity index (χ1v) is 6.92. The van der Waals surface area contributed by atoms with E-state index in [9.17, 15) is 9.18 Å². The zero-order valence-corrected chi connectivity index (χ0v) is 12.1. The number of pyridine rings is 1. The van der Waals surface area contributed by atoms with Crippen LogP contribution in [0.2, 0.25) is 0 Å². The average molecular weight is 287 g/mol. The number of nitrogens with one attached hydrogen (secondary N) is 1.